The van der Waals surface area contributed by atoms with Crippen LogP contribution in [0.5, 0.6) is 0 Å². The Morgan fingerprint density at radius 3 is 2.29 bits per heavy atom. The van der Waals surface area contributed by atoms with Crippen LogP contribution in [0.4, 0.5) is 0 Å². The summed E-state index contributed by atoms with van der Waals surface area (Å²) in [4.78, 5) is 10.6. The lowest BCUT2D eigenvalue weighted by molar-refractivity contribution is -0.283. The van der Waals surface area contributed by atoms with E-state index in [4.69, 9.17) is 15.3 Å². The van der Waals surface area contributed by atoms with Crippen LogP contribution in [-0.2, 0) is 14.3 Å². The third-order valence-electron chi connectivity index (χ3n) is 2.08. The molecule has 0 aromatic carbocycles. The SMILES string of the molecule is CO[C@@H]1C(C(=O)O)O[C@@H](O)[C@@H](O)[C@H]1O. The Hall–Kier alpha value is -0.730. The molecule has 7 heteroatoms. The number of aliphatic carboxylic acids is 1. The number of carboxylic acids is 1. The van der Waals surface area contributed by atoms with E-state index in [0.717, 1.165) is 0 Å². The molecule has 1 aliphatic rings. The summed E-state index contributed by atoms with van der Waals surface area (Å²) in [6, 6.07) is 0. The summed E-state index contributed by atoms with van der Waals surface area (Å²) in [7, 11) is 1.18. The van der Waals surface area contributed by atoms with Gasteiger partial charge in [-0.25, -0.2) is 4.79 Å². The zero-order chi connectivity index (χ0) is 10.9. The Kier molecular flexibility index (Phi) is 3.40. The van der Waals surface area contributed by atoms with Crippen LogP contribution in [0.25, 0.3) is 0 Å². The van der Waals surface area contributed by atoms with E-state index in [2.05, 4.69) is 9.47 Å². The third-order valence-corrected chi connectivity index (χ3v) is 2.08. The van der Waals surface area contributed by atoms with Crippen molar-refractivity contribution in [3.63, 3.8) is 0 Å². The van der Waals surface area contributed by atoms with E-state index in [0.29, 0.717) is 0 Å². The van der Waals surface area contributed by atoms with E-state index in [9.17, 15) is 9.90 Å². The number of carboxylic acid groups (broad SMARTS) is 1. The molecule has 1 saturated heterocycles. The maximum Gasteiger partial charge on any atom is 0.335 e. The van der Waals surface area contributed by atoms with Gasteiger partial charge < -0.3 is 29.9 Å². The number of hydrogen-bond acceptors (Lipinski definition) is 6. The number of methoxy groups -OCH3 is 1. The minimum absolute atomic E-state index is 1.18. The summed E-state index contributed by atoms with van der Waals surface area (Å²) in [6.07, 6.45) is -7.49. The molecular formula is C7H12O7. The van der Waals surface area contributed by atoms with Crippen LogP contribution in [0.15, 0.2) is 0 Å². The van der Waals surface area contributed by atoms with Crippen molar-refractivity contribution >= 4 is 5.97 Å². The number of rotatable bonds is 2. The van der Waals surface area contributed by atoms with Crippen LogP contribution in [0, 0.1) is 0 Å². The monoisotopic (exact) mass is 208 g/mol. The smallest absolute Gasteiger partial charge is 0.335 e. The summed E-state index contributed by atoms with van der Waals surface area (Å²) in [5.74, 6) is -1.37. The number of aliphatic hydroxyl groups is 3. The molecule has 0 aliphatic carbocycles. The first-order valence-electron chi connectivity index (χ1n) is 3.94. The fraction of sp³-hybridized carbons (Fsp3) is 0.857. The van der Waals surface area contributed by atoms with Gasteiger partial charge in [0.25, 0.3) is 0 Å². The molecule has 1 fully saturated rings. The Bertz CT molecular complexity index is 218. The standard InChI is InChI=1S/C7H12O7/c1-13-4-2(8)3(9)7(12)14-5(4)6(10)11/h2-5,7-9,12H,1H3,(H,10,11)/t2-,3+,4+,5?,7-/m1/s1. The Morgan fingerprint density at radius 2 is 1.86 bits per heavy atom. The van der Waals surface area contributed by atoms with Crippen molar-refractivity contribution in [2.24, 2.45) is 0 Å². The second kappa shape index (κ2) is 4.20. The second-order valence-electron chi connectivity index (χ2n) is 2.97. The normalized spacial score (nSPS) is 43.6. The minimum atomic E-state index is -1.72. The van der Waals surface area contributed by atoms with Crippen molar-refractivity contribution in [3.8, 4) is 0 Å². The average molecular weight is 208 g/mol. The van der Waals surface area contributed by atoms with Gasteiger partial charge in [0.2, 0.25) is 0 Å². The van der Waals surface area contributed by atoms with E-state index < -0.39 is 36.7 Å². The molecular weight excluding hydrogens is 196 g/mol. The Labute approximate surface area is 79.5 Å². The van der Waals surface area contributed by atoms with Crippen LogP contribution >= 0.6 is 0 Å². The van der Waals surface area contributed by atoms with Gasteiger partial charge in [-0.3, -0.25) is 0 Å². The van der Waals surface area contributed by atoms with Crippen molar-refractivity contribution < 1.29 is 34.7 Å². The fourth-order valence-electron chi connectivity index (χ4n) is 1.31. The highest BCUT2D eigenvalue weighted by Gasteiger charge is 2.47. The Morgan fingerprint density at radius 1 is 1.29 bits per heavy atom. The predicted octanol–water partition coefficient (Wildman–Crippen LogP) is -2.47. The zero-order valence-electron chi connectivity index (χ0n) is 7.40. The highest BCUT2D eigenvalue weighted by Crippen LogP contribution is 2.21. The van der Waals surface area contributed by atoms with Crippen molar-refractivity contribution in [1.29, 1.82) is 0 Å². The first-order valence-corrected chi connectivity index (χ1v) is 3.94. The van der Waals surface area contributed by atoms with Gasteiger partial charge in [-0.05, 0) is 0 Å². The zero-order valence-corrected chi connectivity index (χ0v) is 7.40. The van der Waals surface area contributed by atoms with Crippen molar-refractivity contribution in [3.05, 3.63) is 0 Å². The molecule has 82 valence electrons. The molecule has 0 radical (unpaired) electrons. The molecule has 0 aromatic heterocycles. The molecule has 5 atom stereocenters. The third kappa shape index (κ3) is 1.86. The minimum Gasteiger partial charge on any atom is -0.479 e. The van der Waals surface area contributed by atoms with Gasteiger partial charge in [-0.1, -0.05) is 0 Å². The second-order valence-corrected chi connectivity index (χ2v) is 2.97. The van der Waals surface area contributed by atoms with Crippen LogP contribution < -0.4 is 0 Å². The van der Waals surface area contributed by atoms with E-state index in [-0.39, 0.29) is 0 Å². The van der Waals surface area contributed by atoms with Crippen LogP contribution in [0.1, 0.15) is 0 Å². The van der Waals surface area contributed by atoms with Crippen LogP contribution in [0.2, 0.25) is 0 Å². The van der Waals surface area contributed by atoms with Gasteiger partial charge in [0, 0.05) is 7.11 Å². The van der Waals surface area contributed by atoms with Gasteiger partial charge in [0.05, 0.1) is 0 Å². The van der Waals surface area contributed by atoms with Crippen molar-refractivity contribution in [1.82, 2.24) is 0 Å². The van der Waals surface area contributed by atoms with Crippen molar-refractivity contribution in [2.45, 2.75) is 30.7 Å². The molecule has 0 bridgehead atoms. The van der Waals surface area contributed by atoms with Gasteiger partial charge in [0.1, 0.15) is 18.3 Å². The lowest BCUT2D eigenvalue weighted by atomic mass is 9.99. The fourth-order valence-corrected chi connectivity index (χ4v) is 1.31. The van der Waals surface area contributed by atoms with E-state index in [1.807, 2.05) is 0 Å². The molecule has 0 amide bonds. The molecule has 14 heavy (non-hydrogen) atoms. The molecule has 7 nitrogen and oxygen atoms in total. The van der Waals surface area contributed by atoms with Crippen LogP contribution in [0.3, 0.4) is 0 Å². The molecule has 0 aromatic rings. The quantitative estimate of drug-likeness (QED) is 0.397. The topological polar surface area (TPSA) is 116 Å². The molecule has 0 saturated carbocycles. The maximum atomic E-state index is 10.6. The van der Waals surface area contributed by atoms with E-state index in [1.54, 1.807) is 0 Å². The number of hydrogen-bond donors (Lipinski definition) is 4. The van der Waals surface area contributed by atoms with Crippen molar-refractivity contribution in [2.75, 3.05) is 7.11 Å². The predicted molar refractivity (Wildman–Crippen MR) is 41.3 cm³/mol. The highest BCUT2D eigenvalue weighted by molar-refractivity contribution is 5.73. The molecule has 4 N–H and O–H groups in total. The molecule has 1 aliphatic heterocycles. The lowest BCUT2D eigenvalue weighted by Crippen LogP contribution is -2.60. The summed E-state index contributed by atoms with van der Waals surface area (Å²) in [5.41, 5.74) is 0. The van der Waals surface area contributed by atoms with Crippen LogP contribution in [-0.4, -0.2) is 64.2 Å². The highest BCUT2D eigenvalue weighted by atomic mass is 16.7. The van der Waals surface area contributed by atoms with Gasteiger partial charge in [-0.2, -0.15) is 0 Å². The number of ether oxygens (including phenoxy) is 2. The van der Waals surface area contributed by atoms with E-state index >= 15 is 0 Å². The number of carbonyl (C=O) groups is 1. The maximum absolute atomic E-state index is 10.6. The molecule has 1 heterocycles. The van der Waals surface area contributed by atoms with Gasteiger partial charge >= 0.3 is 5.97 Å². The largest absolute Gasteiger partial charge is 0.479 e. The van der Waals surface area contributed by atoms with Gasteiger partial charge in [-0.15, -0.1) is 0 Å². The summed E-state index contributed by atoms with van der Waals surface area (Å²) in [5, 5.41) is 36.2. The molecule has 0 spiro atoms. The first-order chi connectivity index (χ1) is 6.49. The summed E-state index contributed by atoms with van der Waals surface area (Å²) < 4.78 is 9.22. The first kappa shape index (κ1) is 11.3. The summed E-state index contributed by atoms with van der Waals surface area (Å²) in [6.45, 7) is 0. The summed E-state index contributed by atoms with van der Waals surface area (Å²) >= 11 is 0. The number of aliphatic hydroxyl groups excluding tert-OH is 3. The van der Waals surface area contributed by atoms with E-state index in [1.165, 1.54) is 7.11 Å². The van der Waals surface area contributed by atoms with Gasteiger partial charge in [0.15, 0.2) is 12.4 Å². The molecule has 1 rings (SSSR count). The Balaban J connectivity index is 2.82. The lowest BCUT2D eigenvalue weighted by Gasteiger charge is -2.37. The molecule has 1 unspecified atom stereocenters. The average Bonchev–Trinajstić information content (AvgIpc) is 2.13.